The highest BCUT2D eigenvalue weighted by Gasteiger charge is 2.34. The Bertz CT molecular complexity index is 614. The Balaban J connectivity index is 1.92. The summed E-state index contributed by atoms with van der Waals surface area (Å²) in [6, 6.07) is 8.99. The Kier molecular flexibility index (Phi) is 6.45. The number of benzene rings is 1. The highest BCUT2D eigenvalue weighted by atomic mass is 16.6. The average molecular weight is 330 g/mol. The number of ether oxygens (including phenoxy) is 1. The zero-order valence-electron chi connectivity index (χ0n) is 13.5. The number of amidine groups is 1. The van der Waals surface area contributed by atoms with Gasteiger partial charge in [0.2, 0.25) is 0 Å². The third-order valence-corrected chi connectivity index (χ3v) is 4.21. The highest BCUT2D eigenvalue weighted by molar-refractivity contribution is 5.86. The van der Waals surface area contributed by atoms with Gasteiger partial charge < -0.3 is 10.5 Å². The Morgan fingerprint density at radius 1 is 1.46 bits per heavy atom. The molecule has 1 heterocycles. The van der Waals surface area contributed by atoms with E-state index in [1.165, 1.54) is 4.90 Å². The van der Waals surface area contributed by atoms with E-state index in [1.807, 2.05) is 30.3 Å². The lowest BCUT2D eigenvalue weighted by atomic mass is 9.88. The van der Waals surface area contributed by atoms with Crippen molar-refractivity contribution in [3.05, 3.63) is 46.3 Å². The minimum atomic E-state index is -0.460. The maximum Gasteiger partial charge on any atom is 0.410 e. The highest BCUT2D eigenvalue weighted by Crippen LogP contribution is 2.26. The second-order valence-corrected chi connectivity index (χ2v) is 5.84. The van der Waals surface area contributed by atoms with Crippen LogP contribution in [-0.2, 0) is 11.3 Å². The van der Waals surface area contributed by atoms with Crippen LogP contribution in [0.1, 0.15) is 24.8 Å². The van der Waals surface area contributed by atoms with E-state index in [2.05, 4.69) is 10.0 Å². The van der Waals surface area contributed by atoms with E-state index < -0.39 is 12.1 Å². The van der Waals surface area contributed by atoms with Gasteiger partial charge >= 0.3 is 6.09 Å². The van der Waals surface area contributed by atoms with Gasteiger partial charge in [-0.1, -0.05) is 35.4 Å². The van der Waals surface area contributed by atoms with E-state index in [1.54, 1.807) is 0 Å². The molecular weight excluding hydrogens is 308 g/mol. The summed E-state index contributed by atoms with van der Waals surface area (Å²) in [6.45, 7) is 1.10. The summed E-state index contributed by atoms with van der Waals surface area (Å²) < 4.78 is 5.35. The molecule has 1 amide bonds. The summed E-state index contributed by atoms with van der Waals surface area (Å²) in [5, 5.41) is 11.3. The predicted molar refractivity (Wildman–Crippen MR) is 90.4 cm³/mol. The van der Waals surface area contributed by atoms with E-state index in [-0.39, 0.29) is 18.4 Å². The van der Waals surface area contributed by atoms with Crippen LogP contribution in [0.2, 0.25) is 0 Å². The Labute approximate surface area is 140 Å². The van der Waals surface area contributed by atoms with Crippen LogP contribution in [0, 0.1) is 11.3 Å². The molecule has 0 aliphatic carbocycles. The van der Waals surface area contributed by atoms with Crippen LogP contribution in [0.3, 0.4) is 0 Å². The van der Waals surface area contributed by atoms with Gasteiger partial charge in [0, 0.05) is 18.0 Å². The van der Waals surface area contributed by atoms with Gasteiger partial charge in [-0.2, -0.15) is 0 Å². The SMILES string of the molecule is [N-]=[N+]=NCCC1CCN(C(=O)OCc2ccccc2)C(C(=N)N)C1. The molecule has 3 N–H and O–H groups in total. The van der Waals surface area contributed by atoms with Crippen molar-refractivity contribution in [2.24, 2.45) is 16.8 Å². The van der Waals surface area contributed by atoms with Crippen LogP contribution in [0.25, 0.3) is 10.4 Å². The standard InChI is InChI=1S/C16H22N6O2/c17-15(18)14-10-12(6-8-20-21-19)7-9-22(14)16(23)24-11-13-4-2-1-3-5-13/h1-5,12,14H,6-11H2,(H3,17,18). The van der Waals surface area contributed by atoms with Crippen molar-refractivity contribution in [2.75, 3.05) is 13.1 Å². The number of hydrogen-bond donors (Lipinski definition) is 2. The normalized spacial score (nSPS) is 20.1. The summed E-state index contributed by atoms with van der Waals surface area (Å²) in [5.74, 6) is 0.239. The molecule has 8 heteroatoms. The number of hydrogen-bond acceptors (Lipinski definition) is 4. The van der Waals surface area contributed by atoms with Gasteiger partial charge in [0.1, 0.15) is 12.4 Å². The maximum atomic E-state index is 12.3. The largest absolute Gasteiger partial charge is 0.445 e. The van der Waals surface area contributed by atoms with Gasteiger partial charge in [-0.3, -0.25) is 10.3 Å². The predicted octanol–water partition coefficient (Wildman–Crippen LogP) is 3.04. The van der Waals surface area contributed by atoms with E-state index in [9.17, 15) is 4.79 Å². The molecule has 0 saturated carbocycles. The fraction of sp³-hybridized carbons (Fsp3) is 0.500. The molecule has 0 bridgehead atoms. The molecule has 1 aromatic rings. The summed E-state index contributed by atoms with van der Waals surface area (Å²) in [5.41, 5.74) is 14.9. The van der Waals surface area contributed by atoms with E-state index in [0.717, 1.165) is 18.4 Å². The van der Waals surface area contributed by atoms with Crippen LogP contribution in [0.5, 0.6) is 0 Å². The number of carbonyl (C=O) groups is 1. The zero-order chi connectivity index (χ0) is 17.4. The fourth-order valence-electron chi connectivity index (χ4n) is 2.90. The van der Waals surface area contributed by atoms with E-state index in [4.69, 9.17) is 21.4 Å². The number of nitrogens with one attached hydrogen (secondary N) is 1. The third kappa shape index (κ3) is 4.89. The Morgan fingerprint density at radius 3 is 2.88 bits per heavy atom. The van der Waals surface area contributed by atoms with Crippen molar-refractivity contribution in [2.45, 2.75) is 31.9 Å². The molecule has 8 nitrogen and oxygen atoms in total. The van der Waals surface area contributed by atoms with Crippen molar-refractivity contribution < 1.29 is 9.53 Å². The lowest BCUT2D eigenvalue weighted by Crippen LogP contribution is -2.52. The van der Waals surface area contributed by atoms with Crippen molar-refractivity contribution in [1.82, 2.24) is 4.90 Å². The topological polar surface area (TPSA) is 128 Å². The Hall–Kier alpha value is -2.73. The van der Waals surface area contributed by atoms with Crippen molar-refractivity contribution in [3.8, 4) is 0 Å². The lowest BCUT2D eigenvalue weighted by Gasteiger charge is -2.38. The lowest BCUT2D eigenvalue weighted by molar-refractivity contribution is 0.0707. The molecule has 1 aliphatic rings. The molecule has 2 unspecified atom stereocenters. The number of amides is 1. The molecular formula is C16H22N6O2. The van der Waals surface area contributed by atoms with E-state index >= 15 is 0 Å². The Morgan fingerprint density at radius 2 is 2.21 bits per heavy atom. The van der Waals surface area contributed by atoms with Gasteiger partial charge in [-0.05, 0) is 36.3 Å². The van der Waals surface area contributed by atoms with Gasteiger partial charge in [0.25, 0.3) is 0 Å². The van der Waals surface area contributed by atoms with Crippen LogP contribution in [0.4, 0.5) is 4.79 Å². The molecule has 128 valence electrons. The molecule has 1 aliphatic heterocycles. The van der Waals surface area contributed by atoms with Gasteiger partial charge in [-0.15, -0.1) is 0 Å². The molecule has 1 aromatic carbocycles. The average Bonchev–Trinajstić information content (AvgIpc) is 2.60. The summed E-state index contributed by atoms with van der Waals surface area (Å²) >= 11 is 0. The van der Waals surface area contributed by atoms with Crippen LogP contribution in [-0.4, -0.2) is 36.0 Å². The van der Waals surface area contributed by atoms with Gasteiger partial charge in [0.05, 0.1) is 6.04 Å². The molecule has 24 heavy (non-hydrogen) atoms. The first-order valence-corrected chi connectivity index (χ1v) is 7.94. The van der Waals surface area contributed by atoms with Crippen LogP contribution >= 0.6 is 0 Å². The first-order valence-electron chi connectivity index (χ1n) is 7.94. The zero-order valence-corrected chi connectivity index (χ0v) is 13.5. The van der Waals surface area contributed by atoms with Crippen LogP contribution < -0.4 is 5.73 Å². The van der Waals surface area contributed by atoms with Crippen molar-refractivity contribution in [3.63, 3.8) is 0 Å². The molecule has 0 radical (unpaired) electrons. The number of rotatable bonds is 6. The van der Waals surface area contributed by atoms with E-state index in [0.29, 0.717) is 19.5 Å². The number of carbonyl (C=O) groups excluding carboxylic acids is 1. The molecule has 1 saturated heterocycles. The quantitative estimate of drug-likeness (QED) is 0.273. The number of piperidine rings is 1. The summed E-state index contributed by atoms with van der Waals surface area (Å²) in [7, 11) is 0. The molecule has 0 aromatic heterocycles. The maximum absolute atomic E-state index is 12.3. The molecule has 2 atom stereocenters. The number of likely N-dealkylation sites (tertiary alicyclic amines) is 1. The minimum absolute atomic E-state index is 0.0415. The van der Waals surface area contributed by atoms with Crippen molar-refractivity contribution >= 4 is 11.9 Å². The number of nitrogens with zero attached hydrogens (tertiary/aromatic N) is 4. The molecule has 1 fully saturated rings. The van der Waals surface area contributed by atoms with Gasteiger partial charge in [-0.25, -0.2) is 4.79 Å². The summed E-state index contributed by atoms with van der Waals surface area (Å²) in [4.78, 5) is 16.6. The van der Waals surface area contributed by atoms with Crippen molar-refractivity contribution in [1.29, 1.82) is 5.41 Å². The molecule has 2 rings (SSSR count). The fourth-order valence-corrected chi connectivity index (χ4v) is 2.90. The van der Waals surface area contributed by atoms with Crippen LogP contribution in [0.15, 0.2) is 35.4 Å². The first-order chi connectivity index (χ1) is 11.6. The number of azide groups is 1. The summed E-state index contributed by atoms with van der Waals surface area (Å²) in [6.07, 6.45) is 1.66. The minimum Gasteiger partial charge on any atom is -0.445 e. The number of nitrogens with two attached hydrogens (primary N) is 1. The second kappa shape index (κ2) is 8.79. The smallest absolute Gasteiger partial charge is 0.410 e. The van der Waals surface area contributed by atoms with Gasteiger partial charge in [0.15, 0.2) is 0 Å². The second-order valence-electron chi connectivity index (χ2n) is 5.84. The monoisotopic (exact) mass is 330 g/mol. The first kappa shape index (κ1) is 17.6. The third-order valence-electron chi connectivity index (χ3n) is 4.21. The molecule has 0 spiro atoms.